The van der Waals surface area contributed by atoms with E-state index in [2.05, 4.69) is 5.32 Å². The van der Waals surface area contributed by atoms with Crippen LogP contribution in [-0.4, -0.2) is 28.6 Å². The highest BCUT2D eigenvalue weighted by molar-refractivity contribution is 5.94. The maximum absolute atomic E-state index is 11.9. The Balaban J connectivity index is 2.63. The molecule has 2 N–H and O–H groups in total. The third-order valence-electron chi connectivity index (χ3n) is 3.38. The molecule has 0 aliphatic carbocycles. The molecule has 20 heavy (non-hydrogen) atoms. The molecule has 1 atom stereocenters. The zero-order valence-electron chi connectivity index (χ0n) is 11.7. The number of amides is 1. The molecule has 1 aromatic carbocycles. The summed E-state index contributed by atoms with van der Waals surface area (Å²) in [6.45, 7) is 4.12. The summed E-state index contributed by atoms with van der Waals surface area (Å²) in [5.41, 5.74) is 0.0918. The van der Waals surface area contributed by atoms with E-state index in [0.29, 0.717) is 0 Å². The van der Waals surface area contributed by atoms with Crippen LogP contribution in [0.3, 0.4) is 0 Å². The molecule has 6 nitrogen and oxygen atoms in total. The van der Waals surface area contributed by atoms with Crippen LogP contribution in [0.5, 0.6) is 0 Å². The van der Waals surface area contributed by atoms with Crippen LogP contribution < -0.4 is 5.32 Å². The van der Waals surface area contributed by atoms with E-state index in [4.69, 9.17) is 0 Å². The van der Waals surface area contributed by atoms with E-state index in [1.165, 1.54) is 24.3 Å². The summed E-state index contributed by atoms with van der Waals surface area (Å²) in [6, 6.07) is 5.52. The average molecular weight is 280 g/mol. The Bertz CT molecular complexity index is 472. The van der Waals surface area contributed by atoms with Gasteiger partial charge in [-0.1, -0.05) is 32.8 Å². The van der Waals surface area contributed by atoms with Crippen molar-refractivity contribution in [1.29, 1.82) is 0 Å². The molecule has 0 aliphatic rings. The Morgan fingerprint density at radius 2 is 2.05 bits per heavy atom. The van der Waals surface area contributed by atoms with Crippen molar-refractivity contribution in [3.05, 3.63) is 39.9 Å². The molecule has 0 aliphatic heterocycles. The number of carbonyl (C=O) groups is 1. The van der Waals surface area contributed by atoms with Crippen LogP contribution in [0.2, 0.25) is 0 Å². The van der Waals surface area contributed by atoms with E-state index in [1.807, 2.05) is 13.8 Å². The average Bonchev–Trinajstić information content (AvgIpc) is 2.46. The van der Waals surface area contributed by atoms with E-state index >= 15 is 0 Å². The largest absolute Gasteiger partial charge is 0.391 e. The maximum Gasteiger partial charge on any atom is 0.270 e. The highest BCUT2D eigenvalue weighted by Gasteiger charge is 2.17. The van der Waals surface area contributed by atoms with Crippen LogP contribution in [0.4, 0.5) is 5.69 Å². The summed E-state index contributed by atoms with van der Waals surface area (Å²) < 4.78 is 0. The molecule has 0 saturated carbocycles. The van der Waals surface area contributed by atoms with Gasteiger partial charge >= 0.3 is 0 Å². The third kappa shape index (κ3) is 4.31. The van der Waals surface area contributed by atoms with Gasteiger partial charge in [0.25, 0.3) is 11.6 Å². The van der Waals surface area contributed by atoms with E-state index in [9.17, 15) is 20.0 Å². The van der Waals surface area contributed by atoms with Gasteiger partial charge in [-0.05, 0) is 12.0 Å². The molecule has 1 amide bonds. The number of benzene rings is 1. The predicted molar refractivity (Wildman–Crippen MR) is 75.5 cm³/mol. The van der Waals surface area contributed by atoms with Gasteiger partial charge in [0.1, 0.15) is 0 Å². The number of nitro groups is 1. The fourth-order valence-electron chi connectivity index (χ4n) is 2.06. The summed E-state index contributed by atoms with van der Waals surface area (Å²) in [7, 11) is 0. The van der Waals surface area contributed by atoms with Crippen molar-refractivity contribution in [2.75, 3.05) is 6.54 Å². The van der Waals surface area contributed by atoms with Gasteiger partial charge in [-0.3, -0.25) is 14.9 Å². The first-order valence-corrected chi connectivity index (χ1v) is 6.70. The zero-order valence-corrected chi connectivity index (χ0v) is 11.7. The van der Waals surface area contributed by atoms with Crippen LogP contribution >= 0.6 is 0 Å². The molecule has 0 fully saturated rings. The lowest BCUT2D eigenvalue weighted by Crippen LogP contribution is -2.36. The Morgan fingerprint density at radius 1 is 1.40 bits per heavy atom. The number of nitro benzene ring substituents is 1. The molecule has 6 heteroatoms. The molecule has 1 aromatic rings. The lowest BCUT2D eigenvalue weighted by molar-refractivity contribution is -0.384. The van der Waals surface area contributed by atoms with Crippen molar-refractivity contribution in [2.24, 2.45) is 5.92 Å². The first-order valence-electron chi connectivity index (χ1n) is 6.70. The van der Waals surface area contributed by atoms with E-state index < -0.39 is 16.9 Å². The molecule has 0 saturated heterocycles. The topological polar surface area (TPSA) is 92.5 Å². The smallest absolute Gasteiger partial charge is 0.270 e. The fourth-order valence-corrected chi connectivity index (χ4v) is 2.06. The van der Waals surface area contributed by atoms with E-state index in [0.717, 1.165) is 12.8 Å². The molecule has 0 aromatic heterocycles. The Kier molecular flexibility index (Phi) is 6.11. The summed E-state index contributed by atoms with van der Waals surface area (Å²) in [5, 5.41) is 23.2. The van der Waals surface area contributed by atoms with Crippen LogP contribution in [0.1, 0.15) is 37.0 Å². The van der Waals surface area contributed by atoms with Gasteiger partial charge in [-0.25, -0.2) is 0 Å². The number of hydrogen-bond acceptors (Lipinski definition) is 4. The number of nitrogens with zero attached hydrogens (tertiary/aromatic N) is 1. The molecule has 110 valence electrons. The highest BCUT2D eigenvalue weighted by atomic mass is 16.6. The van der Waals surface area contributed by atoms with Crippen molar-refractivity contribution in [1.82, 2.24) is 5.32 Å². The summed E-state index contributed by atoms with van der Waals surface area (Å²) in [5.74, 6) is -0.279. The van der Waals surface area contributed by atoms with Gasteiger partial charge in [-0.15, -0.1) is 0 Å². The summed E-state index contributed by atoms with van der Waals surface area (Å²) in [6.07, 6.45) is 1.07. The molecular formula is C14H20N2O4. The number of hydrogen-bond donors (Lipinski definition) is 2. The van der Waals surface area contributed by atoms with E-state index in [-0.39, 0.29) is 23.7 Å². The quantitative estimate of drug-likeness (QED) is 0.591. The van der Waals surface area contributed by atoms with Crippen molar-refractivity contribution >= 4 is 11.6 Å². The number of carbonyl (C=O) groups excluding carboxylic acids is 1. The number of aliphatic hydroxyl groups excluding tert-OH is 1. The number of non-ortho nitro benzene ring substituents is 1. The Morgan fingerprint density at radius 3 is 2.60 bits per heavy atom. The molecule has 0 bridgehead atoms. The van der Waals surface area contributed by atoms with Gasteiger partial charge in [0.2, 0.25) is 0 Å². The van der Waals surface area contributed by atoms with Crippen molar-refractivity contribution in [3.63, 3.8) is 0 Å². The van der Waals surface area contributed by atoms with Crippen LogP contribution in [0, 0.1) is 16.0 Å². The SMILES string of the molecule is CCC(CC)C(O)CNC(=O)c1cccc([N+](=O)[O-])c1. The van der Waals surface area contributed by atoms with Crippen LogP contribution in [-0.2, 0) is 0 Å². The summed E-state index contributed by atoms with van der Waals surface area (Å²) in [4.78, 5) is 22.0. The van der Waals surface area contributed by atoms with Gasteiger partial charge in [0, 0.05) is 24.2 Å². The molecule has 1 rings (SSSR count). The second-order valence-electron chi connectivity index (χ2n) is 4.66. The fraction of sp³-hybridized carbons (Fsp3) is 0.500. The monoisotopic (exact) mass is 280 g/mol. The second-order valence-corrected chi connectivity index (χ2v) is 4.66. The molecular weight excluding hydrogens is 260 g/mol. The van der Waals surface area contributed by atoms with E-state index in [1.54, 1.807) is 0 Å². The third-order valence-corrected chi connectivity index (χ3v) is 3.38. The van der Waals surface area contributed by atoms with Crippen LogP contribution in [0.15, 0.2) is 24.3 Å². The molecule has 0 heterocycles. The van der Waals surface area contributed by atoms with Crippen LogP contribution in [0.25, 0.3) is 0 Å². The number of nitrogens with one attached hydrogen (secondary N) is 1. The van der Waals surface area contributed by atoms with Gasteiger partial charge in [-0.2, -0.15) is 0 Å². The first-order chi connectivity index (χ1) is 9.49. The minimum absolute atomic E-state index is 0.127. The number of aliphatic hydroxyl groups is 1. The normalized spacial score (nSPS) is 12.2. The molecule has 1 unspecified atom stereocenters. The van der Waals surface area contributed by atoms with Gasteiger partial charge < -0.3 is 10.4 Å². The molecule has 0 spiro atoms. The highest BCUT2D eigenvalue weighted by Crippen LogP contribution is 2.14. The van der Waals surface area contributed by atoms with Crippen molar-refractivity contribution in [3.8, 4) is 0 Å². The first kappa shape index (κ1) is 16.1. The predicted octanol–water partition coefficient (Wildman–Crippen LogP) is 2.12. The van der Waals surface area contributed by atoms with Crippen molar-refractivity contribution < 1.29 is 14.8 Å². The maximum atomic E-state index is 11.9. The second kappa shape index (κ2) is 7.59. The minimum atomic E-state index is -0.604. The lowest BCUT2D eigenvalue weighted by Gasteiger charge is -2.20. The minimum Gasteiger partial charge on any atom is -0.391 e. The van der Waals surface area contributed by atoms with Crippen molar-refractivity contribution in [2.45, 2.75) is 32.8 Å². The standard InChI is InChI=1S/C14H20N2O4/c1-3-10(4-2)13(17)9-15-14(18)11-6-5-7-12(8-11)16(19)20/h5-8,10,13,17H,3-4,9H2,1-2H3,(H,15,18). The Hall–Kier alpha value is -1.95. The summed E-state index contributed by atoms with van der Waals surface area (Å²) >= 11 is 0. The Labute approximate surface area is 118 Å². The van der Waals surface area contributed by atoms with Gasteiger partial charge in [0.15, 0.2) is 0 Å². The number of rotatable bonds is 7. The van der Waals surface area contributed by atoms with Gasteiger partial charge in [0.05, 0.1) is 11.0 Å². The molecule has 0 radical (unpaired) electrons. The zero-order chi connectivity index (χ0) is 15.1. The lowest BCUT2D eigenvalue weighted by atomic mass is 9.96.